The van der Waals surface area contributed by atoms with Gasteiger partial charge >= 0.3 is 0 Å². The SMILES string of the molecule is CCCc1c(N)nnn1Cc1cccnc1. The Kier molecular flexibility index (Phi) is 3.14. The third-order valence-corrected chi connectivity index (χ3v) is 2.41. The van der Waals surface area contributed by atoms with Crippen LogP contribution in [0.3, 0.4) is 0 Å². The zero-order valence-corrected chi connectivity index (χ0v) is 9.30. The summed E-state index contributed by atoms with van der Waals surface area (Å²) in [5, 5.41) is 7.95. The molecule has 0 saturated carbocycles. The Labute approximate surface area is 94.3 Å². The molecule has 5 heteroatoms. The Balaban J connectivity index is 2.21. The van der Waals surface area contributed by atoms with Crippen LogP contribution in [0.5, 0.6) is 0 Å². The van der Waals surface area contributed by atoms with Crippen LogP contribution in [0.25, 0.3) is 0 Å². The molecule has 0 unspecified atom stereocenters. The molecular formula is C11H15N5. The molecule has 0 saturated heterocycles. The maximum Gasteiger partial charge on any atom is 0.169 e. The van der Waals surface area contributed by atoms with Gasteiger partial charge in [-0.25, -0.2) is 4.68 Å². The van der Waals surface area contributed by atoms with Crippen LogP contribution in [0.1, 0.15) is 24.6 Å². The zero-order valence-electron chi connectivity index (χ0n) is 9.30. The van der Waals surface area contributed by atoms with E-state index in [-0.39, 0.29) is 0 Å². The van der Waals surface area contributed by atoms with Crippen LogP contribution in [-0.4, -0.2) is 20.0 Å². The predicted octanol–water partition coefficient (Wildman–Crippen LogP) is 1.26. The molecule has 16 heavy (non-hydrogen) atoms. The summed E-state index contributed by atoms with van der Waals surface area (Å²) in [6.45, 7) is 2.79. The zero-order chi connectivity index (χ0) is 11.4. The van der Waals surface area contributed by atoms with Gasteiger partial charge in [0.1, 0.15) is 0 Å². The molecule has 0 radical (unpaired) electrons. The summed E-state index contributed by atoms with van der Waals surface area (Å²) in [5.41, 5.74) is 7.88. The fourth-order valence-corrected chi connectivity index (χ4v) is 1.63. The summed E-state index contributed by atoms with van der Waals surface area (Å²) in [5.74, 6) is 0.533. The smallest absolute Gasteiger partial charge is 0.169 e. The van der Waals surface area contributed by atoms with Crippen molar-refractivity contribution in [3.05, 3.63) is 35.8 Å². The van der Waals surface area contributed by atoms with Gasteiger partial charge in [0.2, 0.25) is 0 Å². The molecule has 5 nitrogen and oxygen atoms in total. The van der Waals surface area contributed by atoms with E-state index in [1.165, 1.54) is 0 Å². The van der Waals surface area contributed by atoms with Crippen molar-refractivity contribution in [2.24, 2.45) is 0 Å². The summed E-state index contributed by atoms with van der Waals surface area (Å²) in [6.07, 6.45) is 5.52. The molecule has 0 aromatic carbocycles. The van der Waals surface area contributed by atoms with Crippen molar-refractivity contribution >= 4 is 5.82 Å². The highest BCUT2D eigenvalue weighted by atomic mass is 15.4. The van der Waals surface area contributed by atoms with E-state index in [9.17, 15) is 0 Å². The second kappa shape index (κ2) is 4.74. The highest BCUT2D eigenvalue weighted by Crippen LogP contribution is 2.11. The van der Waals surface area contributed by atoms with Gasteiger partial charge < -0.3 is 5.73 Å². The minimum Gasteiger partial charge on any atom is -0.381 e. The molecule has 0 atom stereocenters. The summed E-state index contributed by atoms with van der Waals surface area (Å²) < 4.78 is 1.84. The Hall–Kier alpha value is -1.91. The molecule has 2 aromatic heterocycles. The van der Waals surface area contributed by atoms with Gasteiger partial charge in [0.25, 0.3) is 0 Å². The van der Waals surface area contributed by atoms with Crippen molar-refractivity contribution in [2.45, 2.75) is 26.3 Å². The van der Waals surface area contributed by atoms with Crippen molar-refractivity contribution in [1.82, 2.24) is 20.0 Å². The van der Waals surface area contributed by atoms with E-state index < -0.39 is 0 Å². The van der Waals surface area contributed by atoms with Gasteiger partial charge in [-0.05, 0) is 18.1 Å². The lowest BCUT2D eigenvalue weighted by molar-refractivity contribution is 0.612. The Morgan fingerprint density at radius 2 is 2.31 bits per heavy atom. The van der Waals surface area contributed by atoms with E-state index in [1.807, 2.05) is 23.0 Å². The van der Waals surface area contributed by atoms with Crippen molar-refractivity contribution in [2.75, 3.05) is 5.73 Å². The Bertz CT molecular complexity index is 449. The van der Waals surface area contributed by atoms with Crippen molar-refractivity contribution in [1.29, 1.82) is 0 Å². The second-order valence-corrected chi connectivity index (χ2v) is 3.69. The van der Waals surface area contributed by atoms with E-state index in [0.717, 1.165) is 24.1 Å². The van der Waals surface area contributed by atoms with Crippen LogP contribution in [0.4, 0.5) is 5.82 Å². The number of pyridine rings is 1. The highest BCUT2D eigenvalue weighted by Gasteiger charge is 2.09. The van der Waals surface area contributed by atoms with Crippen LogP contribution in [-0.2, 0) is 13.0 Å². The second-order valence-electron chi connectivity index (χ2n) is 3.69. The average Bonchev–Trinajstić information content (AvgIpc) is 2.64. The van der Waals surface area contributed by atoms with E-state index in [1.54, 1.807) is 6.20 Å². The fraction of sp³-hybridized carbons (Fsp3) is 0.364. The first-order chi connectivity index (χ1) is 7.81. The number of hydrogen-bond donors (Lipinski definition) is 1. The van der Waals surface area contributed by atoms with E-state index in [2.05, 4.69) is 22.2 Å². The quantitative estimate of drug-likeness (QED) is 0.837. The van der Waals surface area contributed by atoms with E-state index in [4.69, 9.17) is 5.73 Å². The Morgan fingerprint density at radius 1 is 1.44 bits per heavy atom. The number of hydrogen-bond acceptors (Lipinski definition) is 4. The monoisotopic (exact) mass is 217 g/mol. The molecule has 0 aliphatic rings. The van der Waals surface area contributed by atoms with Gasteiger partial charge in [-0.2, -0.15) is 0 Å². The first-order valence-electron chi connectivity index (χ1n) is 5.38. The number of rotatable bonds is 4. The van der Waals surface area contributed by atoms with Crippen LogP contribution < -0.4 is 5.73 Å². The lowest BCUT2D eigenvalue weighted by Gasteiger charge is -2.05. The minimum absolute atomic E-state index is 0.533. The molecule has 0 fully saturated rings. The maximum absolute atomic E-state index is 5.77. The molecule has 2 heterocycles. The fourth-order valence-electron chi connectivity index (χ4n) is 1.63. The number of nitrogen functional groups attached to an aromatic ring is 1. The van der Waals surface area contributed by atoms with Gasteiger partial charge in [0.05, 0.1) is 12.2 Å². The largest absolute Gasteiger partial charge is 0.381 e. The Morgan fingerprint density at radius 3 is 3.00 bits per heavy atom. The molecule has 0 aliphatic carbocycles. The number of anilines is 1. The van der Waals surface area contributed by atoms with Gasteiger partial charge in [-0.1, -0.05) is 24.6 Å². The van der Waals surface area contributed by atoms with Crippen LogP contribution in [0.2, 0.25) is 0 Å². The summed E-state index contributed by atoms with van der Waals surface area (Å²) in [6, 6.07) is 3.93. The third kappa shape index (κ3) is 2.18. The predicted molar refractivity (Wildman–Crippen MR) is 61.8 cm³/mol. The molecular weight excluding hydrogens is 202 g/mol. The van der Waals surface area contributed by atoms with Gasteiger partial charge in [-0.15, -0.1) is 5.10 Å². The number of nitrogens with zero attached hydrogens (tertiary/aromatic N) is 4. The van der Waals surface area contributed by atoms with Crippen molar-refractivity contribution in [3.8, 4) is 0 Å². The van der Waals surface area contributed by atoms with E-state index in [0.29, 0.717) is 12.4 Å². The summed E-state index contributed by atoms with van der Waals surface area (Å²) in [7, 11) is 0. The maximum atomic E-state index is 5.77. The lowest BCUT2D eigenvalue weighted by atomic mass is 10.2. The highest BCUT2D eigenvalue weighted by molar-refractivity contribution is 5.33. The van der Waals surface area contributed by atoms with Crippen molar-refractivity contribution < 1.29 is 0 Å². The minimum atomic E-state index is 0.533. The van der Waals surface area contributed by atoms with Crippen LogP contribution >= 0.6 is 0 Å². The van der Waals surface area contributed by atoms with Crippen molar-refractivity contribution in [3.63, 3.8) is 0 Å². The summed E-state index contributed by atoms with van der Waals surface area (Å²) in [4.78, 5) is 4.07. The topological polar surface area (TPSA) is 69.6 Å². The molecule has 0 aliphatic heterocycles. The standard InChI is InChI=1S/C11H15N5/c1-2-4-10-11(12)14-15-16(10)8-9-5-3-6-13-7-9/h3,5-7H,2,4,8,12H2,1H3. The molecule has 0 amide bonds. The molecule has 0 bridgehead atoms. The van der Waals surface area contributed by atoms with E-state index >= 15 is 0 Å². The number of aromatic nitrogens is 4. The molecule has 84 valence electrons. The summed E-state index contributed by atoms with van der Waals surface area (Å²) >= 11 is 0. The van der Waals surface area contributed by atoms with Crippen LogP contribution in [0.15, 0.2) is 24.5 Å². The van der Waals surface area contributed by atoms with Crippen LogP contribution in [0, 0.1) is 0 Å². The van der Waals surface area contributed by atoms with Gasteiger partial charge in [-0.3, -0.25) is 4.98 Å². The van der Waals surface area contributed by atoms with Gasteiger partial charge in [0, 0.05) is 12.4 Å². The molecule has 2 rings (SSSR count). The first-order valence-corrected chi connectivity index (χ1v) is 5.38. The average molecular weight is 217 g/mol. The normalized spacial score (nSPS) is 10.6. The lowest BCUT2D eigenvalue weighted by Crippen LogP contribution is -2.07. The molecule has 0 spiro atoms. The molecule has 2 aromatic rings. The number of nitrogens with two attached hydrogens (primary N) is 1. The van der Waals surface area contributed by atoms with Gasteiger partial charge in [0.15, 0.2) is 5.82 Å². The first kappa shape index (κ1) is 10.6. The third-order valence-electron chi connectivity index (χ3n) is 2.41. The molecule has 2 N–H and O–H groups in total.